The van der Waals surface area contributed by atoms with Gasteiger partial charge in [0.2, 0.25) is 0 Å². The average molecular weight is 495 g/mol. The Morgan fingerprint density at radius 3 is 1.34 bits per heavy atom. The number of aryl methyl sites for hydroxylation is 2. The zero-order valence-electron chi connectivity index (χ0n) is 21.2. The Labute approximate surface area is 221 Å². The van der Waals surface area contributed by atoms with Gasteiger partial charge < -0.3 is 10.2 Å². The van der Waals surface area contributed by atoms with Crippen molar-refractivity contribution < 1.29 is 10.2 Å². The minimum Gasteiger partial charge on any atom is -0.507 e. The molecule has 0 saturated heterocycles. The van der Waals surface area contributed by atoms with Gasteiger partial charge in [-0.1, -0.05) is 84.9 Å². The summed E-state index contributed by atoms with van der Waals surface area (Å²) in [5.41, 5.74) is 6.75. The highest BCUT2D eigenvalue weighted by Crippen LogP contribution is 2.40. The first-order chi connectivity index (χ1) is 18.5. The number of hydrogen-bond donors (Lipinski definition) is 2. The number of aromatic hydroxyl groups is 2. The van der Waals surface area contributed by atoms with Crippen LogP contribution < -0.4 is 0 Å². The van der Waals surface area contributed by atoms with E-state index in [1.807, 2.05) is 111 Å². The van der Waals surface area contributed by atoms with Crippen LogP contribution in [0.1, 0.15) is 11.1 Å². The van der Waals surface area contributed by atoms with Crippen molar-refractivity contribution in [2.45, 2.75) is 13.8 Å². The van der Waals surface area contributed by atoms with Gasteiger partial charge in [0.05, 0.1) is 11.4 Å². The lowest BCUT2D eigenvalue weighted by atomic mass is 9.96. The standard InChI is InChI=1S/C34H26N2O2/c1-21-11-13-25(33-27-9-5-3-7-23(27)15-17-31(33)37)19-29(21)35-36-30-20-26(14-12-22(30)2)34-28-10-6-4-8-24(28)16-18-32(34)38/h3-20,37-38H,1-2H3. The highest BCUT2D eigenvalue weighted by molar-refractivity contribution is 6.01. The smallest absolute Gasteiger partial charge is 0.124 e. The van der Waals surface area contributed by atoms with Crippen LogP contribution in [0, 0.1) is 13.8 Å². The molecule has 0 fully saturated rings. The first-order valence-corrected chi connectivity index (χ1v) is 12.5. The predicted octanol–water partition coefficient (Wildman–Crippen LogP) is 9.77. The molecule has 0 aliphatic carbocycles. The highest BCUT2D eigenvalue weighted by Gasteiger charge is 2.13. The second-order valence-electron chi connectivity index (χ2n) is 9.56. The monoisotopic (exact) mass is 494 g/mol. The van der Waals surface area contributed by atoms with Gasteiger partial charge in [0.25, 0.3) is 0 Å². The van der Waals surface area contributed by atoms with Crippen LogP contribution in [0.4, 0.5) is 11.4 Å². The molecule has 38 heavy (non-hydrogen) atoms. The second kappa shape index (κ2) is 9.49. The highest BCUT2D eigenvalue weighted by atomic mass is 16.3. The third kappa shape index (κ3) is 4.16. The minimum atomic E-state index is 0.230. The maximum atomic E-state index is 10.7. The van der Waals surface area contributed by atoms with E-state index in [9.17, 15) is 10.2 Å². The molecule has 0 atom stereocenters. The molecule has 0 aliphatic rings. The Balaban J connectivity index is 1.42. The fraction of sp³-hybridized carbons (Fsp3) is 0.0588. The maximum absolute atomic E-state index is 10.7. The molecule has 6 rings (SSSR count). The SMILES string of the molecule is Cc1ccc(-c2c(O)ccc3ccccc23)cc1N=Nc1cc(-c2c(O)ccc3ccccc23)ccc1C. The van der Waals surface area contributed by atoms with Crippen molar-refractivity contribution in [1.82, 2.24) is 0 Å². The Hall–Kier alpha value is -4.96. The van der Waals surface area contributed by atoms with E-state index in [0.29, 0.717) is 0 Å². The van der Waals surface area contributed by atoms with Crippen LogP contribution in [0.2, 0.25) is 0 Å². The fourth-order valence-corrected chi connectivity index (χ4v) is 4.98. The van der Waals surface area contributed by atoms with Crippen LogP contribution in [0.5, 0.6) is 11.5 Å². The largest absolute Gasteiger partial charge is 0.507 e. The summed E-state index contributed by atoms with van der Waals surface area (Å²) in [4.78, 5) is 0. The van der Waals surface area contributed by atoms with Crippen LogP contribution in [-0.2, 0) is 0 Å². The molecule has 4 heteroatoms. The number of fused-ring (bicyclic) bond motifs is 2. The summed E-state index contributed by atoms with van der Waals surface area (Å²) in [5.74, 6) is 0.461. The van der Waals surface area contributed by atoms with Gasteiger partial charge >= 0.3 is 0 Å². The zero-order valence-corrected chi connectivity index (χ0v) is 21.2. The zero-order chi connectivity index (χ0) is 26.2. The van der Waals surface area contributed by atoms with Gasteiger partial charge in [0.1, 0.15) is 11.5 Å². The Morgan fingerprint density at radius 1 is 0.474 bits per heavy atom. The van der Waals surface area contributed by atoms with E-state index >= 15 is 0 Å². The molecule has 184 valence electrons. The Bertz CT molecular complexity index is 1730. The van der Waals surface area contributed by atoms with Gasteiger partial charge in [0, 0.05) is 11.1 Å². The van der Waals surface area contributed by atoms with Gasteiger partial charge in [-0.15, -0.1) is 0 Å². The van der Waals surface area contributed by atoms with Crippen molar-refractivity contribution in [1.29, 1.82) is 0 Å². The molecule has 0 saturated carbocycles. The molecule has 0 aromatic heterocycles. The van der Waals surface area contributed by atoms with Crippen molar-refractivity contribution in [2.75, 3.05) is 0 Å². The Kier molecular flexibility index (Phi) is 5.85. The van der Waals surface area contributed by atoms with Crippen molar-refractivity contribution in [3.05, 3.63) is 120 Å². The van der Waals surface area contributed by atoms with Crippen LogP contribution in [-0.4, -0.2) is 10.2 Å². The first kappa shape index (κ1) is 23.4. The summed E-state index contributed by atoms with van der Waals surface area (Å²) in [6, 6.07) is 35.3. The van der Waals surface area contributed by atoms with E-state index < -0.39 is 0 Å². The molecule has 6 aromatic rings. The van der Waals surface area contributed by atoms with Crippen LogP contribution in [0.25, 0.3) is 43.8 Å². The lowest BCUT2D eigenvalue weighted by Crippen LogP contribution is -1.85. The summed E-state index contributed by atoms with van der Waals surface area (Å²) >= 11 is 0. The number of phenols is 2. The van der Waals surface area contributed by atoms with Gasteiger partial charge in [0.15, 0.2) is 0 Å². The van der Waals surface area contributed by atoms with Crippen molar-refractivity contribution in [2.24, 2.45) is 10.2 Å². The molecule has 0 spiro atoms. The van der Waals surface area contributed by atoms with Gasteiger partial charge in [-0.2, -0.15) is 10.2 Å². The quantitative estimate of drug-likeness (QED) is 0.240. The maximum Gasteiger partial charge on any atom is 0.124 e. The number of benzene rings is 6. The fourth-order valence-electron chi connectivity index (χ4n) is 4.98. The molecule has 0 heterocycles. The molecule has 0 amide bonds. The van der Waals surface area contributed by atoms with E-state index in [1.165, 1.54) is 0 Å². The molecule has 0 radical (unpaired) electrons. The number of azo groups is 1. The summed E-state index contributed by atoms with van der Waals surface area (Å²) in [6.45, 7) is 4.00. The summed E-state index contributed by atoms with van der Waals surface area (Å²) in [5, 5.41) is 34.8. The third-order valence-corrected chi connectivity index (χ3v) is 7.08. The second-order valence-corrected chi connectivity index (χ2v) is 9.56. The van der Waals surface area contributed by atoms with Crippen molar-refractivity contribution >= 4 is 32.9 Å². The molecule has 0 aliphatic heterocycles. The van der Waals surface area contributed by atoms with Crippen LogP contribution >= 0.6 is 0 Å². The van der Waals surface area contributed by atoms with E-state index in [-0.39, 0.29) is 11.5 Å². The third-order valence-electron chi connectivity index (χ3n) is 7.08. The van der Waals surface area contributed by atoms with Crippen LogP contribution in [0.3, 0.4) is 0 Å². The molecule has 4 nitrogen and oxygen atoms in total. The average Bonchev–Trinajstić information content (AvgIpc) is 2.94. The van der Waals surface area contributed by atoms with E-state index in [1.54, 1.807) is 12.1 Å². The number of nitrogens with zero attached hydrogens (tertiary/aromatic N) is 2. The van der Waals surface area contributed by atoms with Crippen molar-refractivity contribution in [3.63, 3.8) is 0 Å². The summed E-state index contributed by atoms with van der Waals surface area (Å²) in [7, 11) is 0. The minimum absolute atomic E-state index is 0.230. The number of phenolic OH excluding ortho intramolecular Hbond substituents is 2. The van der Waals surface area contributed by atoms with E-state index in [0.717, 1.165) is 66.3 Å². The lowest BCUT2D eigenvalue weighted by Gasteiger charge is -2.12. The molecule has 0 unspecified atom stereocenters. The molecular weight excluding hydrogens is 468 g/mol. The Morgan fingerprint density at radius 2 is 0.895 bits per heavy atom. The van der Waals surface area contributed by atoms with Gasteiger partial charge in [-0.05, 0) is 81.9 Å². The molecule has 6 aromatic carbocycles. The topological polar surface area (TPSA) is 65.2 Å². The normalized spacial score (nSPS) is 11.5. The summed E-state index contributed by atoms with van der Waals surface area (Å²) in [6.07, 6.45) is 0. The van der Waals surface area contributed by atoms with Crippen molar-refractivity contribution in [3.8, 4) is 33.8 Å². The summed E-state index contributed by atoms with van der Waals surface area (Å²) < 4.78 is 0. The first-order valence-electron chi connectivity index (χ1n) is 12.5. The van der Waals surface area contributed by atoms with E-state index in [4.69, 9.17) is 0 Å². The molecule has 2 N–H and O–H groups in total. The lowest BCUT2D eigenvalue weighted by molar-refractivity contribution is 0.477. The molecule has 0 bridgehead atoms. The van der Waals surface area contributed by atoms with Crippen LogP contribution in [0.15, 0.2) is 119 Å². The van der Waals surface area contributed by atoms with E-state index in [2.05, 4.69) is 10.2 Å². The molecular formula is C34H26N2O2. The number of rotatable bonds is 4. The predicted molar refractivity (Wildman–Crippen MR) is 156 cm³/mol. The van der Waals surface area contributed by atoms with Gasteiger partial charge in [-0.25, -0.2) is 0 Å². The van der Waals surface area contributed by atoms with Gasteiger partial charge in [-0.3, -0.25) is 0 Å². The number of hydrogen-bond acceptors (Lipinski definition) is 4.